The highest BCUT2D eigenvalue weighted by Crippen LogP contribution is 2.43. The molecule has 1 unspecified atom stereocenters. The van der Waals surface area contributed by atoms with Crippen LogP contribution in [0.25, 0.3) is 0 Å². The molecule has 1 aliphatic carbocycles. The van der Waals surface area contributed by atoms with E-state index in [1.807, 2.05) is 13.8 Å². The topological polar surface area (TPSA) is 187 Å². The summed E-state index contributed by atoms with van der Waals surface area (Å²) < 4.78 is 20.5. The van der Waals surface area contributed by atoms with Crippen LogP contribution in [0, 0.1) is 11.8 Å². The number of hydrogen-bond donors (Lipinski definition) is 4. The average molecular weight is 883 g/mol. The van der Waals surface area contributed by atoms with E-state index in [1.165, 1.54) is 42.8 Å². The molecule has 2 heterocycles. The molecule has 8 atom stereocenters. The largest absolute Gasteiger partial charge is 0.368 e. The number of amides is 7. The van der Waals surface area contributed by atoms with E-state index in [0.29, 0.717) is 28.5 Å². The number of alkyl halides is 1. The van der Waals surface area contributed by atoms with Crippen molar-refractivity contribution in [3.8, 4) is 0 Å². The smallest absolute Gasteiger partial charge is 0.255 e. The molecule has 2 aliphatic heterocycles. The highest BCUT2D eigenvalue weighted by molar-refractivity contribution is 6.33. The van der Waals surface area contributed by atoms with Gasteiger partial charge in [0.2, 0.25) is 35.4 Å². The summed E-state index contributed by atoms with van der Waals surface area (Å²) in [6, 6.07) is -1.92. The van der Waals surface area contributed by atoms with Crippen LogP contribution in [0.5, 0.6) is 0 Å². The maximum absolute atomic E-state index is 14.9. The number of rotatable bonds is 12. The van der Waals surface area contributed by atoms with Gasteiger partial charge in [0.15, 0.2) is 0 Å². The predicted molar refractivity (Wildman–Crippen MR) is 225 cm³/mol. The number of halogens is 3. The van der Waals surface area contributed by atoms with Gasteiger partial charge in [-0.3, -0.25) is 33.6 Å². The molecule has 0 radical (unpaired) electrons. The Morgan fingerprint density at radius 1 is 1.05 bits per heavy atom. The number of benzene rings is 1. The van der Waals surface area contributed by atoms with Crippen molar-refractivity contribution in [2.45, 2.75) is 140 Å². The summed E-state index contributed by atoms with van der Waals surface area (Å²) in [5.41, 5.74) is -0.719. The zero-order chi connectivity index (χ0) is 44.6. The van der Waals surface area contributed by atoms with Crippen LogP contribution in [0.1, 0.15) is 91.5 Å². The fraction of sp³-hybridized carbons (Fsp3) is 0.690. The number of carbonyl (C=O) groups excluding carboxylic acids is 7. The van der Waals surface area contributed by atoms with Gasteiger partial charge in [-0.2, -0.15) is 0 Å². The van der Waals surface area contributed by atoms with Crippen molar-refractivity contribution in [2.75, 3.05) is 34.3 Å². The Kier molecular flexibility index (Phi) is 17.2. The Morgan fingerprint density at radius 2 is 1.73 bits per heavy atom. The second kappa shape index (κ2) is 21.2. The van der Waals surface area contributed by atoms with Gasteiger partial charge >= 0.3 is 0 Å². The highest BCUT2D eigenvalue weighted by atomic mass is 35.5. The van der Waals surface area contributed by atoms with Crippen LogP contribution in [0.4, 0.5) is 4.39 Å². The van der Waals surface area contributed by atoms with Gasteiger partial charge < -0.3 is 40.7 Å². The fourth-order valence-corrected chi connectivity index (χ4v) is 8.38. The molecule has 0 spiro atoms. The first-order valence-corrected chi connectivity index (χ1v) is 21.7. The van der Waals surface area contributed by atoms with Crippen molar-refractivity contribution >= 4 is 64.6 Å². The molecule has 4 rings (SSSR count). The number of carbonyl (C=O) groups is 7. The summed E-state index contributed by atoms with van der Waals surface area (Å²) in [4.78, 5) is 101. The Labute approximate surface area is 362 Å². The number of likely N-dealkylation sites (tertiary alicyclic amines) is 1. The van der Waals surface area contributed by atoms with Gasteiger partial charge in [0, 0.05) is 50.6 Å². The molecule has 2 saturated heterocycles. The molecule has 0 bridgehead atoms. The third-order valence-corrected chi connectivity index (χ3v) is 12.6. The van der Waals surface area contributed by atoms with Gasteiger partial charge in [-0.15, -0.1) is 0 Å². The molecule has 1 saturated carbocycles. The second-order valence-corrected chi connectivity index (χ2v) is 17.8. The van der Waals surface area contributed by atoms with Gasteiger partial charge in [-0.05, 0) is 94.4 Å². The van der Waals surface area contributed by atoms with Gasteiger partial charge in [-0.25, -0.2) is 4.39 Å². The number of likely N-dealkylation sites (N-methyl/N-ethyl adjacent to an activating group) is 2. The van der Waals surface area contributed by atoms with E-state index in [2.05, 4.69) is 21.3 Å². The number of methoxy groups -OCH3 is 1. The zero-order valence-corrected chi connectivity index (χ0v) is 37.5. The Morgan fingerprint density at radius 3 is 2.35 bits per heavy atom. The zero-order valence-electron chi connectivity index (χ0n) is 35.9. The molecule has 60 heavy (non-hydrogen) atoms. The number of nitrogens with zero attached hydrogens (tertiary/aromatic N) is 3. The van der Waals surface area contributed by atoms with Crippen molar-refractivity contribution in [3.05, 3.63) is 33.8 Å². The van der Waals surface area contributed by atoms with E-state index in [9.17, 15) is 38.0 Å². The fourth-order valence-electron chi connectivity index (χ4n) is 7.99. The first-order chi connectivity index (χ1) is 28.2. The van der Waals surface area contributed by atoms with Crippen LogP contribution >= 0.6 is 23.2 Å². The summed E-state index contributed by atoms with van der Waals surface area (Å²) in [5.74, 6) is -4.19. The van der Waals surface area contributed by atoms with E-state index in [0.717, 1.165) is 12.8 Å². The molecule has 3 fully saturated rings. The first-order valence-electron chi connectivity index (χ1n) is 20.9. The van der Waals surface area contributed by atoms with Crippen molar-refractivity contribution in [2.24, 2.45) is 11.8 Å². The average Bonchev–Trinajstić information content (AvgIpc) is 3.99. The lowest BCUT2D eigenvalue weighted by Crippen LogP contribution is -2.60. The van der Waals surface area contributed by atoms with Crippen LogP contribution < -0.4 is 21.3 Å². The van der Waals surface area contributed by atoms with Gasteiger partial charge in [-0.1, -0.05) is 44.0 Å². The Balaban J connectivity index is 1.60. The normalized spacial score (nSPS) is 26.5. The monoisotopic (exact) mass is 881 g/mol. The number of hydrogen-bond acceptors (Lipinski definition) is 8. The van der Waals surface area contributed by atoms with E-state index >= 15 is 0 Å². The molecule has 18 heteroatoms. The van der Waals surface area contributed by atoms with Crippen LogP contribution in [0.2, 0.25) is 10.0 Å². The minimum Gasteiger partial charge on any atom is -0.368 e. The molecule has 334 valence electrons. The third-order valence-electron chi connectivity index (χ3n) is 12.0. The minimum atomic E-state index is -1.45. The molecule has 4 N–H and O–H groups in total. The SMILES string of the molecule is CC[C@H](NC(=O)[C@@H]1C[C@@H](F)CN1C(=O)C(C)(OC)C1CC1)C(=O)N(C)[C@H]1CCCCNC(=O)[C@@H](C)NC(=O)[C@H](Cc2cc(Cl)ccc2Cl)N(C)C(=O)[C@H](CC(C)C)NC1=O. The predicted octanol–water partition coefficient (Wildman–Crippen LogP) is 3.17. The van der Waals surface area contributed by atoms with Crippen LogP contribution in [0.15, 0.2) is 18.2 Å². The molecule has 15 nitrogen and oxygen atoms in total. The lowest BCUT2D eigenvalue weighted by atomic mass is 9.97. The number of nitrogens with one attached hydrogen (secondary N) is 4. The third kappa shape index (κ3) is 11.9. The summed E-state index contributed by atoms with van der Waals surface area (Å²) in [7, 11) is 4.29. The summed E-state index contributed by atoms with van der Waals surface area (Å²) in [5, 5.41) is 11.8. The lowest BCUT2D eigenvalue weighted by molar-refractivity contribution is -0.159. The number of ether oxygens (including phenoxy) is 1. The van der Waals surface area contributed by atoms with Crippen LogP contribution in [-0.2, 0) is 44.7 Å². The molecule has 1 aromatic carbocycles. The summed E-state index contributed by atoms with van der Waals surface area (Å²) in [6.07, 6.45) is 1.05. The first kappa shape index (κ1) is 48.6. The van der Waals surface area contributed by atoms with Crippen LogP contribution in [0.3, 0.4) is 0 Å². The molecule has 0 aromatic heterocycles. The minimum absolute atomic E-state index is 0.0413. The van der Waals surface area contributed by atoms with Crippen molar-refractivity contribution in [3.63, 3.8) is 0 Å². The second-order valence-electron chi connectivity index (χ2n) is 16.9. The van der Waals surface area contributed by atoms with Crippen molar-refractivity contribution < 1.29 is 42.7 Å². The van der Waals surface area contributed by atoms with Gasteiger partial charge in [0.05, 0.1) is 6.54 Å². The van der Waals surface area contributed by atoms with Gasteiger partial charge in [0.25, 0.3) is 5.91 Å². The standard InChI is InChI=1S/C42H62Cl2FN7O8/c1-9-30(48-38(56)34-21-28(45)22-52(34)41(59)42(5,60-8)26-13-14-26)39(57)50(6)32-12-10-11-17-46-35(53)24(4)47-37(55)33(20-25-19-27(43)15-16-29(25)44)51(7)40(58)31(18-23(2)3)49-36(32)54/h15-16,19,23-24,26,28,30-34H,9-14,17-18,20-22H2,1-8H3,(H,46,53)(H,47,55)(H,48,56)(H,49,54)/t24-,28-,30+,31+,32+,33+,34+,42?/m1/s1. The molecule has 7 amide bonds. The van der Waals surface area contributed by atoms with Crippen molar-refractivity contribution in [1.29, 1.82) is 0 Å². The maximum Gasteiger partial charge on any atom is 0.255 e. The molecule has 3 aliphatic rings. The molecular formula is C42H62Cl2FN7O8. The maximum atomic E-state index is 14.9. The molecule has 1 aromatic rings. The summed E-state index contributed by atoms with van der Waals surface area (Å²) >= 11 is 12.7. The molecular weight excluding hydrogens is 820 g/mol. The van der Waals surface area contributed by atoms with E-state index in [4.69, 9.17) is 27.9 Å². The Bertz CT molecular complexity index is 1770. The van der Waals surface area contributed by atoms with E-state index < -0.39 is 89.4 Å². The van der Waals surface area contributed by atoms with Crippen LogP contribution in [-0.4, -0.2) is 138 Å². The highest BCUT2D eigenvalue weighted by Gasteiger charge is 2.53. The quantitative estimate of drug-likeness (QED) is 0.247. The van der Waals surface area contributed by atoms with E-state index in [1.54, 1.807) is 32.0 Å². The lowest BCUT2D eigenvalue weighted by Gasteiger charge is -2.36. The Hall–Kier alpha value is -4.02. The van der Waals surface area contributed by atoms with Gasteiger partial charge in [0.1, 0.15) is 48.0 Å². The van der Waals surface area contributed by atoms with Crippen molar-refractivity contribution in [1.82, 2.24) is 36.0 Å². The summed E-state index contributed by atoms with van der Waals surface area (Å²) in [6.45, 7) is 8.55. The van der Waals surface area contributed by atoms with E-state index in [-0.39, 0.29) is 57.0 Å².